The Morgan fingerprint density at radius 1 is 1.10 bits per heavy atom. The Balaban J connectivity index is 1.51. The lowest BCUT2D eigenvalue weighted by Gasteiger charge is -2.17. The van der Waals surface area contributed by atoms with Crippen LogP contribution in [0.5, 0.6) is 11.5 Å². The lowest BCUT2D eigenvalue weighted by Crippen LogP contribution is -2.21. The third-order valence-electron chi connectivity index (χ3n) is 6.32. The smallest absolute Gasteiger partial charge is 0.304 e. The van der Waals surface area contributed by atoms with Gasteiger partial charge in [0.2, 0.25) is 0 Å². The van der Waals surface area contributed by atoms with Crippen molar-refractivity contribution in [2.75, 3.05) is 6.61 Å². The topological polar surface area (TPSA) is 106 Å². The standard InChI is InChI=1S/C31H33N3O5/c1-5-6-23(17-29(35)36)22-7-9-26(10-8-22)39-19-25-16-24(18-34-30(25)32-20-33-34)28-12-11-27(15-21(28)2)38-14-13-31(3,4)37/h7-12,15-16,18,20,23,37H,13-14,17,19H2,1-4H3,(H,35,36). The first-order valence-electron chi connectivity index (χ1n) is 12.8. The fourth-order valence-electron chi connectivity index (χ4n) is 4.28. The molecule has 0 saturated heterocycles. The van der Waals surface area contributed by atoms with E-state index in [9.17, 15) is 15.0 Å². The molecule has 0 fully saturated rings. The van der Waals surface area contributed by atoms with Crippen LogP contribution in [-0.4, -0.2) is 43.0 Å². The number of carboxylic acids is 1. The third-order valence-corrected chi connectivity index (χ3v) is 6.32. The van der Waals surface area contributed by atoms with Gasteiger partial charge in [-0.25, -0.2) is 9.50 Å². The number of ether oxygens (including phenoxy) is 2. The van der Waals surface area contributed by atoms with Crippen LogP contribution in [0.2, 0.25) is 0 Å². The van der Waals surface area contributed by atoms with Crippen molar-refractivity contribution in [3.8, 4) is 34.5 Å². The molecule has 1 atom stereocenters. The zero-order chi connectivity index (χ0) is 28.0. The molecule has 0 aliphatic carbocycles. The van der Waals surface area contributed by atoms with Crippen molar-refractivity contribution >= 4 is 11.6 Å². The zero-order valence-corrected chi connectivity index (χ0v) is 22.6. The minimum absolute atomic E-state index is 0.0495. The van der Waals surface area contributed by atoms with Crippen molar-refractivity contribution in [2.24, 2.45) is 0 Å². The van der Waals surface area contributed by atoms with Crippen LogP contribution < -0.4 is 9.47 Å². The Labute approximate surface area is 228 Å². The molecule has 0 amide bonds. The second-order valence-corrected chi connectivity index (χ2v) is 10.1. The van der Waals surface area contributed by atoms with Gasteiger partial charge in [-0.15, -0.1) is 5.92 Å². The Kier molecular flexibility index (Phi) is 8.52. The average molecular weight is 528 g/mol. The highest BCUT2D eigenvalue weighted by Gasteiger charge is 2.15. The SMILES string of the molecule is CC#CC(CC(=O)O)c1ccc(OCc2cc(-c3ccc(OCCC(C)(C)O)cc3C)cn3ncnc23)cc1. The van der Waals surface area contributed by atoms with Crippen molar-refractivity contribution in [1.82, 2.24) is 14.6 Å². The van der Waals surface area contributed by atoms with Crippen LogP contribution in [-0.2, 0) is 11.4 Å². The van der Waals surface area contributed by atoms with Crippen molar-refractivity contribution in [3.63, 3.8) is 0 Å². The minimum Gasteiger partial charge on any atom is -0.493 e. The molecule has 4 rings (SSSR count). The molecule has 2 heterocycles. The number of aryl methyl sites for hydroxylation is 1. The van der Waals surface area contributed by atoms with Crippen molar-refractivity contribution < 1.29 is 24.5 Å². The van der Waals surface area contributed by atoms with E-state index in [0.29, 0.717) is 24.4 Å². The van der Waals surface area contributed by atoms with E-state index in [-0.39, 0.29) is 18.9 Å². The summed E-state index contributed by atoms with van der Waals surface area (Å²) in [5, 5.41) is 23.4. The maximum absolute atomic E-state index is 11.2. The van der Waals surface area contributed by atoms with Crippen molar-refractivity contribution in [3.05, 3.63) is 77.7 Å². The summed E-state index contributed by atoms with van der Waals surface area (Å²) in [5.41, 5.74) is 4.70. The quantitative estimate of drug-likeness (QED) is 0.251. The van der Waals surface area contributed by atoms with Gasteiger partial charge in [-0.05, 0) is 74.7 Å². The summed E-state index contributed by atoms with van der Waals surface area (Å²) < 4.78 is 13.7. The van der Waals surface area contributed by atoms with Gasteiger partial charge in [0.05, 0.1) is 24.5 Å². The van der Waals surface area contributed by atoms with E-state index < -0.39 is 11.6 Å². The zero-order valence-electron chi connectivity index (χ0n) is 22.6. The summed E-state index contributed by atoms with van der Waals surface area (Å²) in [6.07, 6.45) is 3.95. The molecule has 0 aliphatic heterocycles. The lowest BCUT2D eigenvalue weighted by molar-refractivity contribution is -0.137. The van der Waals surface area contributed by atoms with Crippen LogP contribution >= 0.6 is 0 Å². The number of rotatable bonds is 11. The molecule has 2 aromatic carbocycles. The first kappa shape index (κ1) is 27.7. The number of nitrogens with zero attached hydrogens (tertiary/aromatic N) is 3. The third kappa shape index (κ3) is 7.37. The van der Waals surface area contributed by atoms with Gasteiger partial charge in [0.1, 0.15) is 24.4 Å². The molecule has 0 radical (unpaired) electrons. The molecule has 39 heavy (non-hydrogen) atoms. The summed E-state index contributed by atoms with van der Waals surface area (Å²) in [6.45, 7) is 7.97. The molecule has 0 spiro atoms. The van der Waals surface area contributed by atoms with Gasteiger partial charge in [0.25, 0.3) is 0 Å². The Morgan fingerprint density at radius 3 is 2.51 bits per heavy atom. The molecule has 8 nitrogen and oxygen atoms in total. The summed E-state index contributed by atoms with van der Waals surface area (Å²) >= 11 is 0. The van der Waals surface area contributed by atoms with Gasteiger partial charge in [0.15, 0.2) is 5.65 Å². The number of hydrogen-bond donors (Lipinski definition) is 2. The van der Waals surface area contributed by atoms with E-state index in [0.717, 1.165) is 33.6 Å². The van der Waals surface area contributed by atoms with Gasteiger partial charge >= 0.3 is 5.97 Å². The van der Waals surface area contributed by atoms with Crippen LogP contribution in [0.1, 0.15) is 56.2 Å². The number of carbonyl (C=O) groups is 1. The second-order valence-electron chi connectivity index (χ2n) is 10.1. The summed E-state index contributed by atoms with van der Waals surface area (Å²) in [5.74, 6) is 5.93. The first-order chi connectivity index (χ1) is 18.6. The van der Waals surface area contributed by atoms with Crippen LogP contribution in [0.3, 0.4) is 0 Å². The Morgan fingerprint density at radius 2 is 1.85 bits per heavy atom. The van der Waals surface area contributed by atoms with Crippen LogP contribution in [0.15, 0.2) is 61.1 Å². The molecular weight excluding hydrogens is 494 g/mol. The number of hydrogen-bond acceptors (Lipinski definition) is 6. The van der Waals surface area contributed by atoms with E-state index in [1.807, 2.05) is 55.6 Å². The molecule has 202 valence electrons. The maximum Gasteiger partial charge on any atom is 0.304 e. The molecule has 4 aromatic rings. The highest BCUT2D eigenvalue weighted by Crippen LogP contribution is 2.29. The maximum atomic E-state index is 11.2. The van der Waals surface area contributed by atoms with Crippen LogP contribution in [0.4, 0.5) is 0 Å². The van der Waals surface area contributed by atoms with Gasteiger partial charge < -0.3 is 19.7 Å². The first-order valence-corrected chi connectivity index (χ1v) is 12.8. The molecule has 2 N–H and O–H groups in total. The van der Waals surface area contributed by atoms with Crippen molar-refractivity contribution in [1.29, 1.82) is 0 Å². The Hall–Kier alpha value is -4.35. The highest BCUT2D eigenvalue weighted by atomic mass is 16.5. The number of benzene rings is 2. The minimum atomic E-state index is -0.886. The highest BCUT2D eigenvalue weighted by molar-refractivity contribution is 5.70. The number of aromatic nitrogens is 3. The largest absolute Gasteiger partial charge is 0.493 e. The Bertz CT molecular complexity index is 1510. The number of aliphatic hydroxyl groups is 1. The van der Waals surface area contributed by atoms with E-state index >= 15 is 0 Å². The normalized spacial score (nSPS) is 12.0. The van der Waals surface area contributed by atoms with Gasteiger partial charge in [-0.1, -0.05) is 24.1 Å². The number of aliphatic carboxylic acids is 1. The molecule has 8 heteroatoms. The summed E-state index contributed by atoms with van der Waals surface area (Å²) in [6, 6.07) is 15.3. The molecule has 2 aromatic heterocycles. The van der Waals surface area contributed by atoms with Crippen molar-refractivity contribution in [2.45, 2.75) is 58.7 Å². The molecule has 0 saturated carbocycles. The van der Waals surface area contributed by atoms with Crippen LogP contribution in [0, 0.1) is 18.8 Å². The average Bonchev–Trinajstić information content (AvgIpc) is 3.35. The molecule has 0 aliphatic rings. The lowest BCUT2D eigenvalue weighted by atomic mass is 9.96. The number of carboxylic acid groups (broad SMARTS) is 1. The number of pyridine rings is 1. The fraction of sp³-hybridized carbons (Fsp3) is 0.323. The van der Waals surface area contributed by atoms with E-state index in [1.54, 1.807) is 25.3 Å². The molecule has 0 bridgehead atoms. The predicted octanol–water partition coefficient (Wildman–Crippen LogP) is 5.41. The summed E-state index contributed by atoms with van der Waals surface area (Å²) in [4.78, 5) is 15.6. The van der Waals surface area contributed by atoms with E-state index in [2.05, 4.69) is 28.0 Å². The second kappa shape index (κ2) is 12.0. The van der Waals surface area contributed by atoms with E-state index in [1.165, 1.54) is 6.33 Å². The monoisotopic (exact) mass is 527 g/mol. The van der Waals surface area contributed by atoms with Gasteiger partial charge in [-0.3, -0.25) is 4.79 Å². The van der Waals surface area contributed by atoms with Crippen LogP contribution in [0.25, 0.3) is 16.8 Å². The van der Waals surface area contributed by atoms with E-state index in [4.69, 9.17) is 9.47 Å². The predicted molar refractivity (Wildman–Crippen MR) is 149 cm³/mol. The van der Waals surface area contributed by atoms with Gasteiger partial charge in [0, 0.05) is 23.7 Å². The van der Waals surface area contributed by atoms with Gasteiger partial charge in [-0.2, -0.15) is 5.10 Å². The fourth-order valence-corrected chi connectivity index (χ4v) is 4.28. The summed E-state index contributed by atoms with van der Waals surface area (Å²) in [7, 11) is 0. The molecular formula is C31H33N3O5. The molecule has 1 unspecified atom stereocenters. The number of fused-ring (bicyclic) bond motifs is 1.